The fourth-order valence-corrected chi connectivity index (χ4v) is 2.28. The predicted octanol–water partition coefficient (Wildman–Crippen LogP) is 2.36. The molecule has 0 bridgehead atoms. The molecule has 0 unspecified atom stereocenters. The van der Waals surface area contributed by atoms with Crippen LogP contribution in [0, 0.1) is 6.92 Å². The number of aryl methyl sites for hydroxylation is 2. The van der Waals surface area contributed by atoms with Crippen molar-refractivity contribution in [1.29, 1.82) is 0 Å². The third-order valence-electron chi connectivity index (χ3n) is 3.40. The van der Waals surface area contributed by atoms with Crippen LogP contribution in [0.25, 0.3) is 11.3 Å². The highest BCUT2D eigenvalue weighted by molar-refractivity contribution is 5.60. The topological polar surface area (TPSA) is 69.6 Å². The molecule has 21 heavy (non-hydrogen) atoms. The number of hydrogen-bond acceptors (Lipinski definition) is 4. The van der Waals surface area contributed by atoms with Gasteiger partial charge in [-0.15, -0.1) is 0 Å². The van der Waals surface area contributed by atoms with Gasteiger partial charge in [0.25, 0.3) is 0 Å². The Hall–Kier alpha value is -2.69. The summed E-state index contributed by atoms with van der Waals surface area (Å²) in [4.78, 5) is 8.95. The van der Waals surface area contributed by atoms with Crippen LogP contribution in [0.15, 0.2) is 42.7 Å². The van der Waals surface area contributed by atoms with Crippen LogP contribution in [-0.2, 0) is 13.5 Å². The van der Waals surface area contributed by atoms with Gasteiger partial charge in [0, 0.05) is 31.3 Å². The molecule has 0 aliphatic heterocycles. The predicted molar refractivity (Wildman–Crippen MR) is 82.6 cm³/mol. The largest absolute Gasteiger partial charge is 0.384 e. The number of anilines is 1. The van der Waals surface area contributed by atoms with E-state index in [0.29, 0.717) is 12.2 Å². The van der Waals surface area contributed by atoms with Crippen molar-refractivity contribution in [2.24, 2.45) is 7.05 Å². The van der Waals surface area contributed by atoms with Gasteiger partial charge in [0.15, 0.2) is 0 Å². The molecule has 3 rings (SSSR count). The molecular formula is C16H17N5. The normalized spacial score (nSPS) is 10.8. The smallest absolute Gasteiger partial charge is 0.135 e. The molecule has 2 N–H and O–H groups in total. The molecule has 3 aromatic rings. The van der Waals surface area contributed by atoms with Gasteiger partial charge in [0.1, 0.15) is 11.6 Å². The molecule has 0 aliphatic rings. The molecule has 0 saturated carbocycles. The molecule has 0 saturated heterocycles. The van der Waals surface area contributed by atoms with Crippen LogP contribution in [0.5, 0.6) is 0 Å². The molecule has 0 aliphatic carbocycles. The van der Waals surface area contributed by atoms with Crippen molar-refractivity contribution in [3.05, 3.63) is 59.7 Å². The zero-order valence-electron chi connectivity index (χ0n) is 12.1. The summed E-state index contributed by atoms with van der Waals surface area (Å²) in [5.41, 5.74) is 10.1. The lowest BCUT2D eigenvalue weighted by Gasteiger charge is -2.07. The first-order valence-corrected chi connectivity index (χ1v) is 6.79. The van der Waals surface area contributed by atoms with Gasteiger partial charge in [-0.25, -0.2) is 9.97 Å². The number of rotatable bonds is 3. The van der Waals surface area contributed by atoms with Crippen molar-refractivity contribution < 1.29 is 0 Å². The van der Waals surface area contributed by atoms with Crippen LogP contribution in [0.1, 0.15) is 17.0 Å². The first-order valence-electron chi connectivity index (χ1n) is 6.79. The Morgan fingerprint density at radius 1 is 1.19 bits per heavy atom. The third kappa shape index (κ3) is 2.91. The van der Waals surface area contributed by atoms with E-state index >= 15 is 0 Å². The van der Waals surface area contributed by atoms with Crippen molar-refractivity contribution in [3.63, 3.8) is 0 Å². The first-order chi connectivity index (χ1) is 10.1. The van der Waals surface area contributed by atoms with Crippen molar-refractivity contribution in [1.82, 2.24) is 19.7 Å². The number of hydrogen-bond donors (Lipinski definition) is 1. The van der Waals surface area contributed by atoms with Crippen LogP contribution < -0.4 is 5.73 Å². The molecule has 0 fully saturated rings. The first kappa shape index (κ1) is 13.3. The van der Waals surface area contributed by atoms with Crippen molar-refractivity contribution in [2.75, 3.05) is 5.73 Å². The van der Waals surface area contributed by atoms with E-state index in [1.807, 2.05) is 25.4 Å². The van der Waals surface area contributed by atoms with E-state index in [1.165, 1.54) is 11.1 Å². The van der Waals surface area contributed by atoms with E-state index in [1.54, 1.807) is 16.9 Å². The summed E-state index contributed by atoms with van der Waals surface area (Å²) in [5.74, 6) is 1.20. The fraction of sp³-hybridized carbons (Fsp3) is 0.188. The van der Waals surface area contributed by atoms with Gasteiger partial charge >= 0.3 is 0 Å². The van der Waals surface area contributed by atoms with Gasteiger partial charge in [0.2, 0.25) is 0 Å². The van der Waals surface area contributed by atoms with Gasteiger partial charge < -0.3 is 5.73 Å². The number of nitrogen functional groups attached to an aromatic ring is 1. The van der Waals surface area contributed by atoms with Gasteiger partial charge in [-0.1, -0.05) is 24.3 Å². The zero-order chi connectivity index (χ0) is 14.8. The Morgan fingerprint density at radius 2 is 2.00 bits per heavy atom. The summed E-state index contributed by atoms with van der Waals surface area (Å²) in [6, 6.07) is 10.0. The van der Waals surface area contributed by atoms with Gasteiger partial charge in [-0.05, 0) is 18.1 Å². The van der Waals surface area contributed by atoms with Gasteiger partial charge in [-0.2, -0.15) is 5.10 Å². The second-order valence-corrected chi connectivity index (χ2v) is 5.10. The molecule has 0 atom stereocenters. The standard InChI is InChI=1S/C16H17N5/c1-11-5-3-4-6-12(11)7-16-19-14(8-15(17)20-16)13-9-18-21(2)10-13/h3-6,8-10H,7H2,1-2H3,(H2,17,19,20). The Labute approximate surface area is 123 Å². The van der Waals surface area contributed by atoms with Crippen LogP contribution in [-0.4, -0.2) is 19.7 Å². The van der Waals surface area contributed by atoms with Gasteiger partial charge in [0.05, 0.1) is 11.9 Å². The molecule has 106 valence electrons. The minimum Gasteiger partial charge on any atom is -0.384 e. The van der Waals surface area contributed by atoms with E-state index in [4.69, 9.17) is 5.73 Å². The number of aromatic nitrogens is 4. The summed E-state index contributed by atoms with van der Waals surface area (Å²) in [6.07, 6.45) is 4.36. The van der Waals surface area contributed by atoms with Crippen LogP contribution in [0.2, 0.25) is 0 Å². The lowest BCUT2D eigenvalue weighted by molar-refractivity contribution is 0.768. The number of benzene rings is 1. The SMILES string of the molecule is Cc1ccccc1Cc1nc(N)cc(-c2cnn(C)c2)n1. The second kappa shape index (κ2) is 5.36. The summed E-state index contributed by atoms with van der Waals surface area (Å²) < 4.78 is 1.74. The highest BCUT2D eigenvalue weighted by Gasteiger charge is 2.08. The second-order valence-electron chi connectivity index (χ2n) is 5.10. The lowest BCUT2D eigenvalue weighted by Crippen LogP contribution is -2.03. The maximum atomic E-state index is 5.92. The molecular weight excluding hydrogens is 262 g/mol. The Morgan fingerprint density at radius 3 is 2.71 bits per heavy atom. The molecule has 0 amide bonds. The summed E-state index contributed by atoms with van der Waals surface area (Å²) >= 11 is 0. The van der Waals surface area contributed by atoms with E-state index < -0.39 is 0 Å². The summed E-state index contributed by atoms with van der Waals surface area (Å²) in [5, 5.41) is 4.17. The number of nitrogens with two attached hydrogens (primary N) is 1. The molecule has 5 nitrogen and oxygen atoms in total. The van der Waals surface area contributed by atoms with E-state index in [2.05, 4.69) is 34.1 Å². The maximum Gasteiger partial charge on any atom is 0.135 e. The third-order valence-corrected chi connectivity index (χ3v) is 3.40. The lowest BCUT2D eigenvalue weighted by atomic mass is 10.1. The van der Waals surface area contributed by atoms with Crippen LogP contribution in [0.4, 0.5) is 5.82 Å². The molecule has 2 heterocycles. The Kier molecular flexibility index (Phi) is 3.39. The highest BCUT2D eigenvalue weighted by Crippen LogP contribution is 2.19. The fourth-order valence-electron chi connectivity index (χ4n) is 2.28. The van der Waals surface area contributed by atoms with Crippen LogP contribution >= 0.6 is 0 Å². The molecule has 0 spiro atoms. The molecule has 5 heteroatoms. The van der Waals surface area contributed by atoms with Crippen molar-refractivity contribution in [3.8, 4) is 11.3 Å². The van der Waals surface area contributed by atoms with Crippen molar-refractivity contribution in [2.45, 2.75) is 13.3 Å². The number of nitrogens with zero attached hydrogens (tertiary/aromatic N) is 4. The minimum absolute atomic E-state index is 0.479. The van der Waals surface area contributed by atoms with E-state index in [9.17, 15) is 0 Å². The molecule has 0 radical (unpaired) electrons. The highest BCUT2D eigenvalue weighted by atomic mass is 15.2. The molecule has 2 aromatic heterocycles. The Bertz CT molecular complexity index is 776. The summed E-state index contributed by atoms with van der Waals surface area (Å²) in [6.45, 7) is 2.09. The monoisotopic (exact) mass is 279 g/mol. The van der Waals surface area contributed by atoms with Gasteiger partial charge in [-0.3, -0.25) is 4.68 Å². The zero-order valence-corrected chi connectivity index (χ0v) is 12.1. The molecule has 1 aromatic carbocycles. The Balaban J connectivity index is 1.97. The van der Waals surface area contributed by atoms with E-state index in [-0.39, 0.29) is 0 Å². The maximum absolute atomic E-state index is 5.92. The van der Waals surface area contributed by atoms with E-state index in [0.717, 1.165) is 17.1 Å². The quantitative estimate of drug-likeness (QED) is 0.799. The summed E-state index contributed by atoms with van der Waals surface area (Å²) in [7, 11) is 1.88. The van der Waals surface area contributed by atoms with Crippen LogP contribution in [0.3, 0.4) is 0 Å². The average molecular weight is 279 g/mol. The average Bonchev–Trinajstić information content (AvgIpc) is 2.88. The van der Waals surface area contributed by atoms with Crippen molar-refractivity contribution >= 4 is 5.82 Å². The minimum atomic E-state index is 0.479.